The highest BCUT2D eigenvalue weighted by Crippen LogP contribution is 2.25. The molecule has 1 nitrogen and oxygen atoms in total. The van der Waals surface area contributed by atoms with Gasteiger partial charge in [0.1, 0.15) is 0 Å². The smallest absolute Gasteiger partial charge is 0.0492 e. The molecule has 0 aliphatic heterocycles. The molecule has 1 aromatic carbocycles. The second kappa shape index (κ2) is 6.81. The lowest BCUT2D eigenvalue weighted by atomic mass is 9.94. The van der Waals surface area contributed by atoms with E-state index in [2.05, 4.69) is 55.6 Å². The normalized spacial score (nSPS) is 13.2. The van der Waals surface area contributed by atoms with Crippen molar-refractivity contribution in [1.82, 2.24) is 4.90 Å². The van der Waals surface area contributed by atoms with Crippen LogP contribution in [-0.4, -0.2) is 11.9 Å². The molecule has 0 saturated carbocycles. The Labute approximate surface area is 128 Å². The van der Waals surface area contributed by atoms with E-state index in [1.54, 1.807) is 4.90 Å². The van der Waals surface area contributed by atoms with Crippen LogP contribution in [0.4, 0.5) is 0 Å². The van der Waals surface area contributed by atoms with E-state index in [-0.39, 0.29) is 0 Å². The minimum atomic E-state index is 0.818. The van der Waals surface area contributed by atoms with Crippen molar-refractivity contribution in [2.24, 2.45) is 0 Å². The number of benzene rings is 1. The van der Waals surface area contributed by atoms with Crippen molar-refractivity contribution in [3.8, 4) is 12.5 Å². The topological polar surface area (TPSA) is 3.24 Å². The summed E-state index contributed by atoms with van der Waals surface area (Å²) in [6, 6.07) is 8.99. The first-order valence-corrected chi connectivity index (χ1v) is 7.15. The van der Waals surface area contributed by atoms with Crippen molar-refractivity contribution >= 4 is 11.8 Å². The zero-order chi connectivity index (χ0) is 15.2. The van der Waals surface area contributed by atoms with Crippen LogP contribution in [0.2, 0.25) is 0 Å². The zero-order valence-electron chi connectivity index (χ0n) is 12.6. The number of hydrogen-bond acceptors (Lipinski definition) is 1. The van der Waals surface area contributed by atoms with Crippen LogP contribution in [-0.2, 0) is 6.42 Å². The van der Waals surface area contributed by atoms with Gasteiger partial charge in [-0.1, -0.05) is 67.7 Å². The minimum Gasteiger partial charge on any atom is -0.305 e. The Balaban J connectivity index is 2.26. The standard InChI is InChI=1S/C20H21N/c1-5-19-15-18(14-17-10-8-7-9-11-17)12-13-20(19)16(3)21(4)6-2/h2,5,7-8,10,12-13,15H,1,3,9,11,14H2,4H3. The molecule has 0 N–H and O–H groups in total. The van der Waals surface area contributed by atoms with Crippen molar-refractivity contribution in [1.29, 1.82) is 0 Å². The van der Waals surface area contributed by atoms with E-state index in [9.17, 15) is 0 Å². The maximum atomic E-state index is 5.43. The molecule has 0 aromatic heterocycles. The third kappa shape index (κ3) is 3.55. The second-order valence-electron chi connectivity index (χ2n) is 5.23. The van der Waals surface area contributed by atoms with E-state index in [0.717, 1.165) is 36.1 Å². The van der Waals surface area contributed by atoms with Gasteiger partial charge in [-0.2, -0.15) is 0 Å². The first kappa shape index (κ1) is 14.9. The number of terminal acetylenes is 1. The predicted molar refractivity (Wildman–Crippen MR) is 92.3 cm³/mol. The lowest BCUT2D eigenvalue weighted by molar-refractivity contribution is 0.695. The summed E-state index contributed by atoms with van der Waals surface area (Å²) in [5, 5.41) is 0. The van der Waals surface area contributed by atoms with Gasteiger partial charge < -0.3 is 4.90 Å². The lowest BCUT2D eigenvalue weighted by Crippen LogP contribution is -2.09. The van der Waals surface area contributed by atoms with E-state index in [1.807, 2.05) is 13.1 Å². The summed E-state index contributed by atoms with van der Waals surface area (Å²) in [5.41, 5.74) is 5.70. The van der Waals surface area contributed by atoms with Crippen LogP contribution in [0.15, 0.2) is 55.2 Å². The second-order valence-corrected chi connectivity index (χ2v) is 5.23. The molecule has 2 rings (SSSR count). The Morgan fingerprint density at radius 2 is 2.29 bits per heavy atom. The largest absolute Gasteiger partial charge is 0.305 e. The van der Waals surface area contributed by atoms with Gasteiger partial charge in [0.15, 0.2) is 0 Å². The van der Waals surface area contributed by atoms with E-state index in [4.69, 9.17) is 6.42 Å². The summed E-state index contributed by atoms with van der Waals surface area (Å²) >= 11 is 0. The van der Waals surface area contributed by atoms with Gasteiger partial charge in [-0.25, -0.2) is 0 Å². The average Bonchev–Trinajstić information content (AvgIpc) is 2.54. The predicted octanol–water partition coefficient (Wildman–Crippen LogP) is 4.64. The molecule has 0 bridgehead atoms. The highest BCUT2D eigenvalue weighted by atomic mass is 15.1. The summed E-state index contributed by atoms with van der Waals surface area (Å²) < 4.78 is 0. The zero-order valence-corrected chi connectivity index (χ0v) is 12.6. The van der Waals surface area contributed by atoms with E-state index < -0.39 is 0 Å². The fourth-order valence-corrected chi connectivity index (χ4v) is 2.47. The fourth-order valence-electron chi connectivity index (χ4n) is 2.47. The van der Waals surface area contributed by atoms with Crippen LogP contribution in [0, 0.1) is 12.5 Å². The van der Waals surface area contributed by atoms with Crippen LogP contribution in [0.1, 0.15) is 29.5 Å². The number of nitrogens with zero attached hydrogens (tertiary/aromatic N) is 1. The SMILES string of the molecule is C#CN(C)C(=C)c1ccc(CC2=CC=CCC2)cc1C=C. The highest BCUT2D eigenvalue weighted by Gasteiger charge is 2.09. The van der Waals surface area contributed by atoms with Gasteiger partial charge in [-0.3, -0.25) is 0 Å². The van der Waals surface area contributed by atoms with Crippen molar-refractivity contribution < 1.29 is 0 Å². The molecule has 0 radical (unpaired) electrons. The third-order valence-electron chi connectivity index (χ3n) is 3.78. The molecule has 0 heterocycles. The maximum absolute atomic E-state index is 5.43. The van der Waals surface area contributed by atoms with Gasteiger partial charge in [0.05, 0.1) is 0 Å². The number of allylic oxidation sites excluding steroid dienone is 4. The molecule has 106 valence electrons. The van der Waals surface area contributed by atoms with Crippen LogP contribution in [0.25, 0.3) is 11.8 Å². The summed E-state index contributed by atoms with van der Waals surface area (Å²) in [5.74, 6) is 0. The molecule has 0 spiro atoms. The Bertz CT molecular complexity index is 653. The van der Waals surface area contributed by atoms with E-state index >= 15 is 0 Å². The third-order valence-corrected chi connectivity index (χ3v) is 3.78. The first-order valence-electron chi connectivity index (χ1n) is 7.15. The maximum Gasteiger partial charge on any atom is 0.0492 e. The van der Waals surface area contributed by atoms with Gasteiger partial charge in [0.25, 0.3) is 0 Å². The van der Waals surface area contributed by atoms with Gasteiger partial charge in [-0.05, 0) is 30.4 Å². The summed E-state index contributed by atoms with van der Waals surface area (Å²) in [6.45, 7) is 7.97. The van der Waals surface area contributed by atoms with Crippen molar-refractivity contribution in [3.05, 3.63) is 71.8 Å². The number of rotatable bonds is 5. The Kier molecular flexibility index (Phi) is 4.85. The monoisotopic (exact) mass is 275 g/mol. The van der Waals surface area contributed by atoms with Crippen LogP contribution in [0.3, 0.4) is 0 Å². The fraction of sp³-hybridized carbons (Fsp3) is 0.200. The van der Waals surface area contributed by atoms with E-state index in [1.165, 1.54) is 11.1 Å². The first-order chi connectivity index (χ1) is 10.2. The number of hydrogen-bond donors (Lipinski definition) is 0. The van der Waals surface area contributed by atoms with Gasteiger partial charge in [-0.15, -0.1) is 0 Å². The molecule has 21 heavy (non-hydrogen) atoms. The summed E-state index contributed by atoms with van der Waals surface area (Å²) in [4.78, 5) is 1.69. The molecular formula is C20H21N. The van der Waals surface area contributed by atoms with Crippen molar-refractivity contribution in [2.75, 3.05) is 7.05 Å². The Hall–Kier alpha value is -2.46. The van der Waals surface area contributed by atoms with Crippen LogP contribution < -0.4 is 0 Å². The lowest BCUT2D eigenvalue weighted by Gasteiger charge is -2.18. The van der Waals surface area contributed by atoms with Gasteiger partial charge >= 0.3 is 0 Å². The van der Waals surface area contributed by atoms with E-state index in [0.29, 0.717) is 0 Å². The molecule has 1 aliphatic rings. The van der Waals surface area contributed by atoms with Gasteiger partial charge in [0.2, 0.25) is 0 Å². The highest BCUT2D eigenvalue weighted by molar-refractivity contribution is 5.72. The Morgan fingerprint density at radius 1 is 1.48 bits per heavy atom. The van der Waals surface area contributed by atoms with Crippen LogP contribution in [0.5, 0.6) is 0 Å². The molecule has 0 fully saturated rings. The molecule has 0 amide bonds. The van der Waals surface area contributed by atoms with Crippen molar-refractivity contribution in [2.45, 2.75) is 19.3 Å². The van der Waals surface area contributed by atoms with Crippen molar-refractivity contribution in [3.63, 3.8) is 0 Å². The quantitative estimate of drug-likeness (QED) is 0.559. The minimum absolute atomic E-state index is 0.818. The van der Waals surface area contributed by atoms with Crippen LogP contribution >= 0.6 is 0 Å². The molecule has 1 aromatic rings. The Morgan fingerprint density at radius 3 is 2.90 bits per heavy atom. The summed E-state index contributed by atoms with van der Waals surface area (Å²) in [6.07, 6.45) is 17.1. The summed E-state index contributed by atoms with van der Waals surface area (Å²) in [7, 11) is 1.84. The molecule has 1 heteroatoms. The molecule has 0 unspecified atom stereocenters. The molecule has 0 saturated heterocycles. The average molecular weight is 275 g/mol. The van der Waals surface area contributed by atoms with Gasteiger partial charge in [0, 0.05) is 24.4 Å². The molecule has 0 atom stereocenters. The molecular weight excluding hydrogens is 254 g/mol. The molecule has 1 aliphatic carbocycles.